The summed E-state index contributed by atoms with van der Waals surface area (Å²) in [5.74, 6) is 0.0406. The highest BCUT2D eigenvalue weighted by molar-refractivity contribution is 5.81. The molecule has 0 unspecified atom stereocenters. The maximum Gasteiger partial charge on any atom is 0.330 e. The molecule has 7 nitrogen and oxygen atoms in total. The van der Waals surface area contributed by atoms with E-state index in [1.165, 1.54) is 12.2 Å². The molecular weight excluding hydrogens is 506 g/mol. The summed E-state index contributed by atoms with van der Waals surface area (Å²) >= 11 is 0. The lowest BCUT2D eigenvalue weighted by atomic mass is 9.80. The predicted molar refractivity (Wildman–Crippen MR) is 160 cm³/mol. The zero-order chi connectivity index (χ0) is 29.3. The van der Waals surface area contributed by atoms with E-state index in [0.717, 1.165) is 116 Å². The van der Waals surface area contributed by atoms with Crippen LogP contribution in [0.5, 0.6) is 0 Å². The molecule has 7 heteroatoms. The summed E-state index contributed by atoms with van der Waals surface area (Å²) in [6.45, 7) is 7.68. The molecular formula is C33H55NO6. The van der Waals surface area contributed by atoms with E-state index in [2.05, 4.69) is 18.5 Å². The Labute approximate surface area is 242 Å². The Hall–Kier alpha value is -2.44. The van der Waals surface area contributed by atoms with Crippen LogP contribution in [0.3, 0.4) is 0 Å². The number of carbonyl (C=O) groups excluding carboxylic acids is 4. The van der Waals surface area contributed by atoms with Crippen molar-refractivity contribution in [3.8, 4) is 0 Å². The number of Topliss-reactive ketones (excluding diaryl/α,β-unsaturated/α-hetero) is 1. The summed E-state index contributed by atoms with van der Waals surface area (Å²) < 4.78 is 9.95. The quantitative estimate of drug-likeness (QED) is 0.0712. The highest BCUT2D eigenvalue weighted by Gasteiger charge is 2.28. The molecule has 1 amide bonds. The Balaban J connectivity index is 2.06. The second kappa shape index (κ2) is 24.4. The second-order valence-corrected chi connectivity index (χ2v) is 11.2. The molecule has 0 heterocycles. The first-order chi connectivity index (χ1) is 19.5. The average molecular weight is 562 g/mol. The standard InChI is InChI=1S/C33H55NO6/c1-3-32(37)39-25-19-13-9-5-7-11-15-22-29(35)27-28-21-17-18-23-30(28)34-31(36)24-16-12-8-6-10-14-20-26-40-33(38)4-2/h3-4,28,30H,1-2,5-27H2,(H,34,36)/t28-,30+/m1/s1. The highest BCUT2D eigenvalue weighted by Crippen LogP contribution is 2.28. The Bertz CT molecular complexity index is 687. The number of nitrogens with one attached hydrogen (secondary N) is 1. The minimum atomic E-state index is -0.359. The SMILES string of the molecule is C=CC(=O)OCCCCCCCCCC(=O)C[C@H]1CCCC[C@@H]1NC(=O)CCCCCCCCCOC(=O)C=C. The Kier molecular flexibility index (Phi) is 21.7. The van der Waals surface area contributed by atoms with Crippen molar-refractivity contribution in [1.29, 1.82) is 0 Å². The lowest BCUT2D eigenvalue weighted by Crippen LogP contribution is -2.42. The number of unbranched alkanes of at least 4 members (excludes halogenated alkanes) is 12. The van der Waals surface area contributed by atoms with Crippen LogP contribution in [0, 0.1) is 5.92 Å². The van der Waals surface area contributed by atoms with Crippen molar-refractivity contribution in [1.82, 2.24) is 5.32 Å². The zero-order valence-electron chi connectivity index (χ0n) is 24.9. The van der Waals surface area contributed by atoms with Gasteiger partial charge in [0.2, 0.25) is 5.91 Å². The van der Waals surface area contributed by atoms with Crippen LogP contribution in [0.1, 0.15) is 135 Å². The number of hydrogen-bond acceptors (Lipinski definition) is 6. The van der Waals surface area contributed by atoms with E-state index in [-0.39, 0.29) is 29.8 Å². The van der Waals surface area contributed by atoms with Crippen LogP contribution >= 0.6 is 0 Å². The Morgan fingerprint density at radius 2 is 1.07 bits per heavy atom. The summed E-state index contributed by atoms with van der Waals surface area (Å²) in [4.78, 5) is 47.2. The van der Waals surface area contributed by atoms with Gasteiger partial charge in [0.25, 0.3) is 0 Å². The molecule has 40 heavy (non-hydrogen) atoms. The van der Waals surface area contributed by atoms with Crippen LogP contribution in [0.2, 0.25) is 0 Å². The molecule has 0 radical (unpaired) electrons. The molecule has 1 saturated carbocycles. The molecule has 0 aromatic rings. The van der Waals surface area contributed by atoms with Crippen molar-refractivity contribution in [3.05, 3.63) is 25.3 Å². The molecule has 0 bridgehead atoms. The second-order valence-electron chi connectivity index (χ2n) is 11.2. The van der Waals surface area contributed by atoms with E-state index in [4.69, 9.17) is 9.47 Å². The zero-order valence-corrected chi connectivity index (χ0v) is 24.9. The van der Waals surface area contributed by atoms with Crippen LogP contribution < -0.4 is 5.32 Å². The van der Waals surface area contributed by atoms with Crippen molar-refractivity contribution in [2.45, 2.75) is 141 Å². The molecule has 0 saturated heterocycles. The third-order valence-corrected chi connectivity index (χ3v) is 7.72. The largest absolute Gasteiger partial charge is 0.463 e. The van der Waals surface area contributed by atoms with Gasteiger partial charge in [-0.1, -0.05) is 90.2 Å². The molecule has 1 aliphatic rings. The number of amides is 1. The summed E-state index contributed by atoms with van der Waals surface area (Å²) in [7, 11) is 0. The number of esters is 2. The summed E-state index contributed by atoms with van der Waals surface area (Å²) in [5.41, 5.74) is 0. The van der Waals surface area contributed by atoms with Gasteiger partial charge in [0.15, 0.2) is 0 Å². The van der Waals surface area contributed by atoms with Crippen molar-refractivity contribution < 1.29 is 28.7 Å². The van der Waals surface area contributed by atoms with E-state index in [0.29, 0.717) is 38.3 Å². The minimum Gasteiger partial charge on any atom is -0.463 e. The van der Waals surface area contributed by atoms with Crippen LogP contribution in [0.4, 0.5) is 0 Å². The maximum atomic E-state index is 12.6. The van der Waals surface area contributed by atoms with Crippen molar-refractivity contribution in [2.24, 2.45) is 5.92 Å². The van der Waals surface area contributed by atoms with E-state index in [1.54, 1.807) is 0 Å². The fourth-order valence-corrected chi connectivity index (χ4v) is 5.36. The number of ether oxygens (including phenoxy) is 2. The monoisotopic (exact) mass is 561 g/mol. The van der Waals surface area contributed by atoms with Crippen molar-refractivity contribution >= 4 is 23.6 Å². The van der Waals surface area contributed by atoms with Crippen LogP contribution in [-0.2, 0) is 28.7 Å². The fourth-order valence-electron chi connectivity index (χ4n) is 5.36. The third-order valence-electron chi connectivity index (χ3n) is 7.72. The van der Waals surface area contributed by atoms with E-state index >= 15 is 0 Å². The van der Waals surface area contributed by atoms with Gasteiger partial charge in [-0.15, -0.1) is 0 Å². The van der Waals surface area contributed by atoms with Gasteiger partial charge in [-0.25, -0.2) is 9.59 Å². The minimum absolute atomic E-state index is 0.132. The molecule has 0 aromatic carbocycles. The smallest absolute Gasteiger partial charge is 0.330 e. The first-order valence-electron chi connectivity index (χ1n) is 15.9. The van der Waals surface area contributed by atoms with Gasteiger partial charge < -0.3 is 14.8 Å². The van der Waals surface area contributed by atoms with Gasteiger partial charge >= 0.3 is 11.9 Å². The Morgan fingerprint density at radius 1 is 0.625 bits per heavy atom. The first-order valence-corrected chi connectivity index (χ1v) is 15.9. The van der Waals surface area contributed by atoms with Crippen LogP contribution in [0.25, 0.3) is 0 Å². The first kappa shape index (κ1) is 35.6. The number of carbonyl (C=O) groups is 4. The maximum absolute atomic E-state index is 12.6. The molecule has 0 aromatic heterocycles. The van der Waals surface area contributed by atoms with E-state index < -0.39 is 0 Å². The van der Waals surface area contributed by atoms with Crippen molar-refractivity contribution in [2.75, 3.05) is 13.2 Å². The predicted octanol–water partition coefficient (Wildman–Crippen LogP) is 7.32. The number of rotatable bonds is 25. The van der Waals surface area contributed by atoms with Gasteiger partial charge in [-0.3, -0.25) is 9.59 Å². The van der Waals surface area contributed by atoms with E-state index in [9.17, 15) is 19.2 Å². The van der Waals surface area contributed by atoms with Gasteiger partial charge in [-0.05, 0) is 44.4 Å². The topological polar surface area (TPSA) is 98.8 Å². The fraction of sp³-hybridized carbons (Fsp3) is 0.758. The molecule has 0 aliphatic heterocycles. The Morgan fingerprint density at radius 3 is 1.60 bits per heavy atom. The summed E-state index contributed by atoms with van der Waals surface area (Å²) in [6, 6.07) is 0.145. The molecule has 0 spiro atoms. The molecule has 1 fully saturated rings. The van der Waals surface area contributed by atoms with Crippen LogP contribution in [-0.4, -0.2) is 42.9 Å². The lowest BCUT2D eigenvalue weighted by molar-refractivity contribution is -0.138. The molecule has 228 valence electrons. The van der Waals surface area contributed by atoms with Gasteiger partial charge in [0.1, 0.15) is 5.78 Å². The van der Waals surface area contributed by atoms with Gasteiger partial charge in [-0.2, -0.15) is 0 Å². The molecule has 1 N–H and O–H groups in total. The molecule has 2 atom stereocenters. The van der Waals surface area contributed by atoms with Crippen molar-refractivity contribution in [3.63, 3.8) is 0 Å². The van der Waals surface area contributed by atoms with Gasteiger partial charge in [0, 0.05) is 37.5 Å². The number of ketones is 1. The molecule has 1 aliphatic carbocycles. The van der Waals surface area contributed by atoms with Crippen LogP contribution in [0.15, 0.2) is 25.3 Å². The summed E-state index contributed by atoms with van der Waals surface area (Å²) in [5, 5.41) is 3.26. The highest BCUT2D eigenvalue weighted by atomic mass is 16.5. The summed E-state index contributed by atoms with van der Waals surface area (Å²) in [6.07, 6.45) is 23.1. The normalized spacial score (nSPS) is 16.6. The molecule has 1 rings (SSSR count). The van der Waals surface area contributed by atoms with Gasteiger partial charge in [0.05, 0.1) is 13.2 Å². The average Bonchev–Trinajstić information content (AvgIpc) is 2.95. The van der Waals surface area contributed by atoms with E-state index in [1.807, 2.05) is 0 Å². The third kappa shape index (κ3) is 19.6. The number of hydrogen-bond donors (Lipinski definition) is 1. The lowest BCUT2D eigenvalue weighted by Gasteiger charge is -2.32.